The Bertz CT molecular complexity index is 653. The fourth-order valence-corrected chi connectivity index (χ4v) is 3.30. The van der Waals surface area contributed by atoms with Gasteiger partial charge < -0.3 is 15.0 Å². The highest BCUT2D eigenvalue weighted by atomic mass is 16.5. The Hall–Kier alpha value is -2.28. The number of ether oxygens (including phenoxy) is 1. The SMILES string of the molecule is COc1cccc(N2CCN(CCN3C(=O)NC(C)(C)C3=O)CC2)c1. The number of imide groups is 1. The zero-order valence-electron chi connectivity index (χ0n) is 15.1. The van der Waals surface area contributed by atoms with Crippen LogP contribution in [0.5, 0.6) is 5.75 Å². The highest BCUT2D eigenvalue weighted by Crippen LogP contribution is 2.22. The van der Waals surface area contributed by atoms with Gasteiger partial charge in [0.1, 0.15) is 11.3 Å². The molecule has 0 unspecified atom stereocenters. The standard InChI is InChI=1S/C18H26N4O3/c1-18(2)16(23)22(17(24)19-18)12-9-20-7-10-21(11-8-20)14-5-4-6-15(13-14)25-3/h4-6,13H,7-12H2,1-3H3,(H,19,24). The summed E-state index contributed by atoms with van der Waals surface area (Å²) in [5.74, 6) is 0.716. The molecule has 2 aliphatic rings. The molecule has 1 N–H and O–H groups in total. The van der Waals surface area contributed by atoms with Gasteiger partial charge in [-0.05, 0) is 26.0 Å². The predicted octanol–water partition coefficient (Wildman–Crippen LogP) is 1.15. The molecule has 0 bridgehead atoms. The number of rotatable bonds is 5. The number of piperazine rings is 1. The number of urea groups is 1. The van der Waals surface area contributed by atoms with Gasteiger partial charge in [0, 0.05) is 51.0 Å². The first-order valence-electron chi connectivity index (χ1n) is 8.66. The molecule has 25 heavy (non-hydrogen) atoms. The van der Waals surface area contributed by atoms with Crippen LogP contribution in [0.25, 0.3) is 0 Å². The van der Waals surface area contributed by atoms with Crippen molar-refractivity contribution in [2.75, 3.05) is 51.3 Å². The first-order valence-corrected chi connectivity index (χ1v) is 8.66. The first kappa shape index (κ1) is 17.5. The molecule has 2 heterocycles. The maximum atomic E-state index is 12.2. The minimum Gasteiger partial charge on any atom is -0.497 e. The third kappa shape index (κ3) is 3.71. The Morgan fingerprint density at radius 1 is 1.12 bits per heavy atom. The van der Waals surface area contributed by atoms with Crippen LogP contribution in [-0.2, 0) is 4.79 Å². The quantitative estimate of drug-likeness (QED) is 0.810. The number of anilines is 1. The number of benzene rings is 1. The average Bonchev–Trinajstić information content (AvgIpc) is 2.81. The lowest BCUT2D eigenvalue weighted by Crippen LogP contribution is -2.49. The number of nitrogens with zero attached hydrogens (tertiary/aromatic N) is 3. The lowest BCUT2D eigenvalue weighted by Gasteiger charge is -2.36. The summed E-state index contributed by atoms with van der Waals surface area (Å²) in [6.07, 6.45) is 0. The van der Waals surface area contributed by atoms with Crippen LogP contribution in [0, 0.1) is 0 Å². The zero-order valence-corrected chi connectivity index (χ0v) is 15.1. The molecule has 1 aromatic carbocycles. The number of amides is 3. The van der Waals surface area contributed by atoms with Crippen LogP contribution in [0.2, 0.25) is 0 Å². The van der Waals surface area contributed by atoms with Gasteiger partial charge in [0.2, 0.25) is 0 Å². The van der Waals surface area contributed by atoms with Crippen molar-refractivity contribution in [3.05, 3.63) is 24.3 Å². The molecular formula is C18H26N4O3. The lowest BCUT2D eigenvalue weighted by molar-refractivity contribution is -0.130. The van der Waals surface area contributed by atoms with Crippen LogP contribution in [0.1, 0.15) is 13.8 Å². The maximum absolute atomic E-state index is 12.2. The van der Waals surface area contributed by atoms with Crippen molar-refractivity contribution in [2.45, 2.75) is 19.4 Å². The molecule has 7 heteroatoms. The number of hydrogen-bond acceptors (Lipinski definition) is 5. The van der Waals surface area contributed by atoms with Gasteiger partial charge in [-0.1, -0.05) is 6.07 Å². The smallest absolute Gasteiger partial charge is 0.325 e. The first-order chi connectivity index (χ1) is 11.9. The van der Waals surface area contributed by atoms with E-state index < -0.39 is 5.54 Å². The second kappa shape index (κ2) is 6.92. The molecule has 2 aliphatic heterocycles. The van der Waals surface area contributed by atoms with Crippen LogP contribution in [0.15, 0.2) is 24.3 Å². The Morgan fingerprint density at radius 2 is 1.84 bits per heavy atom. The van der Waals surface area contributed by atoms with E-state index in [1.54, 1.807) is 21.0 Å². The van der Waals surface area contributed by atoms with E-state index in [1.807, 2.05) is 18.2 Å². The Balaban J connectivity index is 1.50. The van der Waals surface area contributed by atoms with E-state index in [2.05, 4.69) is 21.2 Å². The predicted molar refractivity (Wildman–Crippen MR) is 96.0 cm³/mol. The van der Waals surface area contributed by atoms with Gasteiger partial charge in [-0.25, -0.2) is 4.79 Å². The number of methoxy groups -OCH3 is 1. The van der Waals surface area contributed by atoms with E-state index in [1.165, 1.54) is 4.90 Å². The molecule has 3 rings (SSSR count). The van der Waals surface area contributed by atoms with Crippen LogP contribution in [0.4, 0.5) is 10.5 Å². The van der Waals surface area contributed by atoms with Crippen molar-refractivity contribution in [3.8, 4) is 5.75 Å². The number of carbonyl (C=O) groups excluding carboxylic acids is 2. The lowest BCUT2D eigenvalue weighted by atomic mass is 10.1. The van der Waals surface area contributed by atoms with Gasteiger partial charge in [-0.3, -0.25) is 14.6 Å². The topological polar surface area (TPSA) is 65.1 Å². The van der Waals surface area contributed by atoms with E-state index in [4.69, 9.17) is 4.74 Å². The molecule has 3 amide bonds. The third-order valence-corrected chi connectivity index (χ3v) is 4.87. The largest absolute Gasteiger partial charge is 0.497 e. The summed E-state index contributed by atoms with van der Waals surface area (Å²) in [7, 11) is 1.67. The molecule has 1 aromatic rings. The van der Waals surface area contributed by atoms with Crippen LogP contribution < -0.4 is 15.0 Å². The van der Waals surface area contributed by atoms with Crippen molar-refractivity contribution in [1.82, 2.24) is 15.1 Å². The molecule has 2 saturated heterocycles. The van der Waals surface area contributed by atoms with Gasteiger partial charge in [0.15, 0.2) is 0 Å². The highest BCUT2D eigenvalue weighted by Gasteiger charge is 2.44. The Labute approximate surface area is 148 Å². The minimum atomic E-state index is -0.790. The summed E-state index contributed by atoms with van der Waals surface area (Å²) in [6.45, 7) is 8.26. The number of carbonyl (C=O) groups is 2. The van der Waals surface area contributed by atoms with Crippen molar-refractivity contribution < 1.29 is 14.3 Å². The molecule has 7 nitrogen and oxygen atoms in total. The fourth-order valence-electron chi connectivity index (χ4n) is 3.30. The summed E-state index contributed by atoms with van der Waals surface area (Å²) in [5.41, 5.74) is 0.372. The fraction of sp³-hybridized carbons (Fsp3) is 0.556. The molecule has 0 radical (unpaired) electrons. The molecule has 0 aliphatic carbocycles. The van der Waals surface area contributed by atoms with E-state index in [-0.39, 0.29) is 11.9 Å². The van der Waals surface area contributed by atoms with Crippen molar-refractivity contribution >= 4 is 17.6 Å². The third-order valence-electron chi connectivity index (χ3n) is 4.87. The molecule has 2 fully saturated rings. The maximum Gasteiger partial charge on any atom is 0.325 e. The van der Waals surface area contributed by atoms with Crippen LogP contribution in [-0.4, -0.2) is 73.7 Å². The summed E-state index contributed by atoms with van der Waals surface area (Å²) in [5, 5.41) is 2.72. The second-order valence-electron chi connectivity index (χ2n) is 7.04. The molecule has 0 saturated carbocycles. The van der Waals surface area contributed by atoms with Gasteiger partial charge >= 0.3 is 6.03 Å². The molecule has 136 valence electrons. The van der Waals surface area contributed by atoms with E-state index >= 15 is 0 Å². The molecule has 0 aromatic heterocycles. The molecule has 0 atom stereocenters. The van der Waals surface area contributed by atoms with E-state index in [0.717, 1.165) is 37.6 Å². The van der Waals surface area contributed by atoms with Crippen LogP contribution >= 0.6 is 0 Å². The number of hydrogen-bond donors (Lipinski definition) is 1. The van der Waals surface area contributed by atoms with Gasteiger partial charge in [-0.15, -0.1) is 0 Å². The van der Waals surface area contributed by atoms with E-state index in [0.29, 0.717) is 13.1 Å². The van der Waals surface area contributed by atoms with E-state index in [9.17, 15) is 9.59 Å². The van der Waals surface area contributed by atoms with Gasteiger partial charge in [-0.2, -0.15) is 0 Å². The summed E-state index contributed by atoms with van der Waals surface area (Å²) >= 11 is 0. The van der Waals surface area contributed by atoms with Crippen LogP contribution in [0.3, 0.4) is 0 Å². The second-order valence-corrected chi connectivity index (χ2v) is 7.04. The zero-order chi connectivity index (χ0) is 18.0. The Morgan fingerprint density at radius 3 is 2.44 bits per heavy atom. The number of nitrogens with one attached hydrogen (secondary N) is 1. The van der Waals surface area contributed by atoms with Gasteiger partial charge in [0.25, 0.3) is 5.91 Å². The summed E-state index contributed by atoms with van der Waals surface area (Å²) in [4.78, 5) is 30.1. The normalized spacial score (nSPS) is 20.8. The Kier molecular flexibility index (Phi) is 4.85. The minimum absolute atomic E-state index is 0.146. The van der Waals surface area contributed by atoms with Crippen molar-refractivity contribution in [1.29, 1.82) is 0 Å². The molecular weight excluding hydrogens is 320 g/mol. The highest BCUT2D eigenvalue weighted by molar-refractivity contribution is 6.06. The van der Waals surface area contributed by atoms with Gasteiger partial charge in [0.05, 0.1) is 7.11 Å². The average molecular weight is 346 g/mol. The summed E-state index contributed by atoms with van der Waals surface area (Å²) in [6, 6.07) is 7.79. The van der Waals surface area contributed by atoms with Crippen molar-refractivity contribution in [2.24, 2.45) is 0 Å². The molecule has 0 spiro atoms. The van der Waals surface area contributed by atoms with Crippen molar-refractivity contribution in [3.63, 3.8) is 0 Å². The summed E-state index contributed by atoms with van der Waals surface area (Å²) < 4.78 is 5.29. The monoisotopic (exact) mass is 346 g/mol.